The molecule has 1 aliphatic heterocycles. The van der Waals surface area contributed by atoms with Crippen molar-refractivity contribution < 1.29 is 4.79 Å². The molecule has 4 aromatic rings. The number of benzene rings is 4. The lowest BCUT2D eigenvalue weighted by molar-refractivity contribution is 0.102. The van der Waals surface area contributed by atoms with Crippen LogP contribution in [-0.2, 0) is 5.75 Å². The number of thioether (sulfide) groups is 1. The van der Waals surface area contributed by atoms with Gasteiger partial charge in [0, 0.05) is 27.6 Å². The number of hydrogen-bond acceptors (Lipinski definition) is 3. The first-order valence-corrected chi connectivity index (χ1v) is 15.2. The van der Waals surface area contributed by atoms with Crippen molar-refractivity contribution in [1.82, 2.24) is 0 Å². The first kappa shape index (κ1) is 24.5. The first-order chi connectivity index (χ1) is 19.1. The van der Waals surface area contributed by atoms with E-state index in [1.54, 1.807) is 0 Å². The molecule has 0 unspecified atom stereocenters. The zero-order valence-electron chi connectivity index (χ0n) is 22.3. The van der Waals surface area contributed by atoms with Crippen molar-refractivity contribution >= 4 is 29.0 Å². The van der Waals surface area contributed by atoms with E-state index in [4.69, 9.17) is 0 Å². The van der Waals surface area contributed by atoms with Gasteiger partial charge in [0.15, 0.2) is 0 Å². The smallest absolute Gasteiger partial charge is 0.255 e. The Balaban J connectivity index is 1.10. The summed E-state index contributed by atoms with van der Waals surface area (Å²) >= 11 is 1.83. The van der Waals surface area contributed by atoms with Gasteiger partial charge in [-0.2, -0.15) is 0 Å². The molecule has 3 nitrogen and oxygen atoms in total. The van der Waals surface area contributed by atoms with Crippen LogP contribution in [0.4, 0.5) is 11.4 Å². The molecule has 4 heteroatoms. The van der Waals surface area contributed by atoms with E-state index in [1.807, 2.05) is 30.0 Å². The fourth-order valence-corrected chi connectivity index (χ4v) is 8.31. The van der Waals surface area contributed by atoms with E-state index < -0.39 is 0 Å². The highest BCUT2D eigenvalue weighted by Crippen LogP contribution is 2.63. The van der Waals surface area contributed by atoms with Crippen molar-refractivity contribution in [2.75, 3.05) is 10.6 Å². The van der Waals surface area contributed by atoms with Crippen LogP contribution >= 0.6 is 11.8 Å². The summed E-state index contributed by atoms with van der Waals surface area (Å²) in [5.74, 6) is 3.50. The SMILES string of the molecule is Cc1cc(CSc2ccccc2)ccc1NC(=O)c1ccc2c(c1)[C@@H]1[C@H]3CC[C@@H](C3)[C@@H]1[C@H](c1ccccc1)N2. The van der Waals surface area contributed by atoms with E-state index >= 15 is 0 Å². The quantitative estimate of drug-likeness (QED) is 0.245. The van der Waals surface area contributed by atoms with Crippen molar-refractivity contribution in [1.29, 1.82) is 0 Å². The van der Waals surface area contributed by atoms with Crippen LogP contribution in [0, 0.1) is 24.7 Å². The Labute approximate surface area is 235 Å². The first-order valence-electron chi connectivity index (χ1n) is 14.2. The zero-order valence-corrected chi connectivity index (χ0v) is 23.1. The molecule has 0 aromatic heterocycles. The number of fused-ring (bicyclic) bond motifs is 7. The van der Waals surface area contributed by atoms with E-state index in [0.29, 0.717) is 17.9 Å². The molecule has 0 spiro atoms. The van der Waals surface area contributed by atoms with Gasteiger partial charge in [0.05, 0.1) is 6.04 Å². The van der Waals surface area contributed by atoms with Crippen LogP contribution in [0.5, 0.6) is 0 Å². The van der Waals surface area contributed by atoms with Crippen molar-refractivity contribution in [3.63, 3.8) is 0 Å². The van der Waals surface area contributed by atoms with E-state index in [0.717, 1.165) is 34.4 Å². The van der Waals surface area contributed by atoms with Gasteiger partial charge >= 0.3 is 0 Å². The Kier molecular flexibility index (Phi) is 6.44. The van der Waals surface area contributed by atoms with Crippen molar-refractivity contribution in [3.05, 3.63) is 125 Å². The van der Waals surface area contributed by atoms with Crippen LogP contribution in [0.1, 0.15) is 63.8 Å². The number of nitrogens with one attached hydrogen (secondary N) is 2. The minimum absolute atomic E-state index is 0.0304. The number of carbonyl (C=O) groups excluding carboxylic acids is 1. The third kappa shape index (κ3) is 4.65. The molecule has 2 N–H and O–H groups in total. The summed E-state index contributed by atoms with van der Waals surface area (Å²) in [4.78, 5) is 14.7. The van der Waals surface area contributed by atoms with Crippen LogP contribution in [0.3, 0.4) is 0 Å². The molecule has 2 fully saturated rings. The monoisotopic (exact) mass is 530 g/mol. The van der Waals surface area contributed by atoms with Crippen molar-refractivity contribution in [2.45, 2.75) is 48.8 Å². The molecule has 4 aromatic carbocycles. The molecule has 2 saturated carbocycles. The molecule has 0 saturated heterocycles. The summed E-state index contributed by atoms with van der Waals surface area (Å²) in [6.07, 6.45) is 3.98. The number of hydrogen-bond donors (Lipinski definition) is 2. The molecule has 7 rings (SSSR count). The van der Waals surface area contributed by atoms with Gasteiger partial charge < -0.3 is 10.6 Å². The number of anilines is 2. The van der Waals surface area contributed by atoms with Crippen LogP contribution in [0.15, 0.2) is 102 Å². The molecular weight excluding hydrogens is 496 g/mol. The van der Waals surface area contributed by atoms with Crippen LogP contribution in [0.25, 0.3) is 0 Å². The predicted octanol–water partition coefficient (Wildman–Crippen LogP) is 8.84. The average Bonchev–Trinajstić information content (AvgIpc) is 3.61. The maximum absolute atomic E-state index is 13.4. The lowest BCUT2D eigenvalue weighted by Gasteiger charge is -2.43. The third-order valence-electron chi connectivity index (χ3n) is 9.20. The summed E-state index contributed by atoms with van der Waals surface area (Å²) in [6, 6.07) is 34.4. The second-order valence-electron chi connectivity index (χ2n) is 11.5. The van der Waals surface area contributed by atoms with Gasteiger partial charge in [-0.25, -0.2) is 0 Å². The molecule has 2 bridgehead atoms. The largest absolute Gasteiger partial charge is 0.378 e. The van der Waals surface area contributed by atoms with Crippen LogP contribution in [-0.4, -0.2) is 5.91 Å². The van der Waals surface area contributed by atoms with Crippen molar-refractivity contribution in [3.8, 4) is 0 Å². The minimum atomic E-state index is -0.0304. The van der Waals surface area contributed by atoms with Gasteiger partial charge in [-0.15, -0.1) is 11.8 Å². The van der Waals surface area contributed by atoms with Crippen LogP contribution < -0.4 is 10.6 Å². The fourth-order valence-electron chi connectivity index (χ4n) is 7.45. The second-order valence-corrected chi connectivity index (χ2v) is 12.5. The Bertz CT molecular complexity index is 1500. The normalized spacial score (nSPS) is 24.5. The number of carbonyl (C=O) groups is 1. The predicted molar refractivity (Wildman–Crippen MR) is 161 cm³/mol. The van der Waals surface area contributed by atoms with Crippen LogP contribution in [0.2, 0.25) is 0 Å². The maximum atomic E-state index is 13.4. The fraction of sp³-hybridized carbons (Fsp3) is 0.286. The molecule has 2 aliphatic carbocycles. The standard InChI is InChI=1S/C35H34N2OS/c1-22-18-23(21-39-28-10-6-3-7-11-28)12-16-30(22)37-35(38)27-15-17-31-29(20-27)32-25-13-14-26(19-25)33(32)34(36-31)24-8-4-2-5-9-24/h2-12,15-18,20,25-26,32-34,36H,13-14,19,21H2,1H3,(H,37,38)/t25-,26-,32-,33-,34-/m0/s1. The average molecular weight is 531 g/mol. The topological polar surface area (TPSA) is 41.1 Å². The highest BCUT2D eigenvalue weighted by Gasteiger charge is 2.53. The number of amides is 1. The molecule has 0 radical (unpaired) electrons. The van der Waals surface area contributed by atoms with Gasteiger partial charge in [-0.05, 0) is 109 Å². The molecule has 5 atom stereocenters. The number of rotatable bonds is 6. The molecule has 196 valence electrons. The maximum Gasteiger partial charge on any atom is 0.255 e. The van der Waals surface area contributed by atoms with E-state index in [9.17, 15) is 4.79 Å². The van der Waals surface area contributed by atoms with E-state index in [2.05, 4.69) is 96.4 Å². The van der Waals surface area contributed by atoms with Gasteiger partial charge in [0.2, 0.25) is 0 Å². The third-order valence-corrected chi connectivity index (χ3v) is 10.3. The molecule has 3 aliphatic rings. The second kappa shape index (κ2) is 10.2. The number of aryl methyl sites for hydroxylation is 1. The lowest BCUT2D eigenvalue weighted by Crippen LogP contribution is -2.35. The highest BCUT2D eigenvalue weighted by atomic mass is 32.2. The Hall–Kier alpha value is -3.50. The Morgan fingerprint density at radius 2 is 1.67 bits per heavy atom. The molecule has 1 heterocycles. The molecule has 1 amide bonds. The molecular formula is C35H34N2OS. The summed E-state index contributed by atoms with van der Waals surface area (Å²) in [5.41, 5.74) is 7.91. The summed E-state index contributed by atoms with van der Waals surface area (Å²) in [7, 11) is 0. The van der Waals surface area contributed by atoms with Crippen molar-refractivity contribution in [2.24, 2.45) is 17.8 Å². The zero-order chi connectivity index (χ0) is 26.3. The summed E-state index contributed by atoms with van der Waals surface area (Å²) in [5, 5.41) is 7.09. The summed E-state index contributed by atoms with van der Waals surface area (Å²) < 4.78 is 0. The highest BCUT2D eigenvalue weighted by molar-refractivity contribution is 7.98. The van der Waals surface area contributed by atoms with E-state index in [-0.39, 0.29) is 5.91 Å². The Morgan fingerprint density at radius 3 is 2.46 bits per heavy atom. The van der Waals surface area contributed by atoms with Gasteiger partial charge in [-0.1, -0.05) is 60.7 Å². The Morgan fingerprint density at radius 1 is 0.897 bits per heavy atom. The lowest BCUT2D eigenvalue weighted by atomic mass is 9.68. The minimum Gasteiger partial charge on any atom is -0.378 e. The summed E-state index contributed by atoms with van der Waals surface area (Å²) in [6.45, 7) is 2.08. The van der Waals surface area contributed by atoms with E-state index in [1.165, 1.54) is 46.5 Å². The van der Waals surface area contributed by atoms with Gasteiger partial charge in [0.25, 0.3) is 5.91 Å². The molecule has 39 heavy (non-hydrogen) atoms. The van der Waals surface area contributed by atoms with Gasteiger partial charge in [0.1, 0.15) is 0 Å². The van der Waals surface area contributed by atoms with Gasteiger partial charge in [-0.3, -0.25) is 4.79 Å².